The zero-order valence-corrected chi connectivity index (χ0v) is 12.8. The fourth-order valence-corrected chi connectivity index (χ4v) is 3.34. The number of piperidine rings is 1. The van der Waals surface area contributed by atoms with Gasteiger partial charge in [0.2, 0.25) is 11.8 Å². The zero-order valence-electron chi connectivity index (χ0n) is 11.2. The van der Waals surface area contributed by atoms with Crippen molar-refractivity contribution in [1.29, 1.82) is 0 Å². The second-order valence-electron chi connectivity index (χ2n) is 4.69. The summed E-state index contributed by atoms with van der Waals surface area (Å²) >= 11 is 6.37. The highest BCUT2D eigenvalue weighted by Gasteiger charge is 2.32. The summed E-state index contributed by atoms with van der Waals surface area (Å²) < 4.78 is 0.629. The van der Waals surface area contributed by atoms with Crippen LogP contribution in [0.3, 0.4) is 0 Å². The predicted octanol–water partition coefficient (Wildman–Crippen LogP) is 0.920. The minimum absolute atomic E-state index is 0.186. The van der Waals surface area contributed by atoms with E-state index in [1.165, 1.54) is 18.4 Å². The SMILES string of the molecule is Cc1[nH]c(=S)sc1CC(=O)NC1CCC(=O)N(C)C1=O. The average Bonchev–Trinajstić information content (AvgIpc) is 2.68. The number of rotatable bonds is 3. The van der Waals surface area contributed by atoms with Gasteiger partial charge in [-0.1, -0.05) is 0 Å². The van der Waals surface area contributed by atoms with Gasteiger partial charge in [-0.2, -0.15) is 0 Å². The summed E-state index contributed by atoms with van der Waals surface area (Å²) in [6, 6.07) is -0.614. The lowest BCUT2D eigenvalue weighted by Gasteiger charge is -2.28. The molecule has 8 heteroatoms. The Morgan fingerprint density at radius 1 is 1.55 bits per heavy atom. The van der Waals surface area contributed by atoms with Gasteiger partial charge in [-0.05, 0) is 25.6 Å². The minimum Gasteiger partial charge on any atom is -0.344 e. The maximum atomic E-state index is 12.0. The van der Waals surface area contributed by atoms with E-state index in [0.29, 0.717) is 10.4 Å². The number of H-pyrrole nitrogens is 1. The number of hydrogen-bond donors (Lipinski definition) is 2. The van der Waals surface area contributed by atoms with Crippen LogP contribution in [0.15, 0.2) is 0 Å². The molecule has 1 aliphatic rings. The minimum atomic E-state index is -0.614. The molecule has 0 saturated carbocycles. The van der Waals surface area contributed by atoms with E-state index >= 15 is 0 Å². The summed E-state index contributed by atoms with van der Waals surface area (Å²) in [5, 5.41) is 2.68. The summed E-state index contributed by atoms with van der Waals surface area (Å²) in [4.78, 5) is 40.1. The van der Waals surface area contributed by atoms with E-state index < -0.39 is 6.04 Å². The molecule has 2 rings (SSSR count). The number of carbonyl (C=O) groups is 3. The number of nitrogens with one attached hydrogen (secondary N) is 2. The van der Waals surface area contributed by atoms with Crippen LogP contribution in [0.25, 0.3) is 0 Å². The van der Waals surface area contributed by atoms with Gasteiger partial charge in [0.05, 0.1) is 6.42 Å². The third-order valence-corrected chi connectivity index (χ3v) is 4.57. The molecule has 0 spiro atoms. The van der Waals surface area contributed by atoms with Crippen LogP contribution >= 0.6 is 23.6 Å². The van der Waals surface area contributed by atoms with Crippen molar-refractivity contribution in [1.82, 2.24) is 15.2 Å². The second kappa shape index (κ2) is 5.84. The number of hydrogen-bond acceptors (Lipinski definition) is 5. The molecule has 108 valence electrons. The standard InChI is InChI=1S/C12H15N3O3S2/c1-6-8(20-12(19)13-6)5-9(16)14-7-3-4-10(17)15(2)11(7)18/h7H,3-5H2,1-2H3,(H,13,19)(H,14,16). The monoisotopic (exact) mass is 313 g/mol. The lowest BCUT2D eigenvalue weighted by molar-refractivity contribution is -0.149. The Balaban J connectivity index is 1.98. The molecule has 1 saturated heterocycles. The van der Waals surface area contributed by atoms with Gasteiger partial charge in [0, 0.05) is 24.0 Å². The van der Waals surface area contributed by atoms with Crippen LogP contribution < -0.4 is 5.32 Å². The van der Waals surface area contributed by atoms with Gasteiger partial charge in [-0.15, -0.1) is 11.3 Å². The highest BCUT2D eigenvalue weighted by molar-refractivity contribution is 7.73. The quantitative estimate of drug-likeness (QED) is 0.642. The summed E-state index contributed by atoms with van der Waals surface area (Å²) in [6.45, 7) is 1.85. The number of aromatic amines is 1. The van der Waals surface area contributed by atoms with Gasteiger partial charge in [-0.25, -0.2) is 0 Å². The number of likely N-dealkylation sites (tertiary alicyclic amines) is 1. The summed E-state index contributed by atoms with van der Waals surface area (Å²) in [6.07, 6.45) is 0.815. The first-order valence-corrected chi connectivity index (χ1v) is 7.39. The Kier molecular flexibility index (Phi) is 4.34. The fourth-order valence-electron chi connectivity index (χ4n) is 2.05. The highest BCUT2D eigenvalue weighted by atomic mass is 32.1. The predicted molar refractivity (Wildman–Crippen MR) is 76.9 cm³/mol. The van der Waals surface area contributed by atoms with Crippen LogP contribution in [-0.4, -0.2) is 40.7 Å². The van der Waals surface area contributed by atoms with Gasteiger partial charge in [0.25, 0.3) is 5.91 Å². The molecule has 0 bridgehead atoms. The number of aryl methyl sites for hydroxylation is 1. The normalized spacial score (nSPS) is 19.3. The van der Waals surface area contributed by atoms with Crippen molar-refractivity contribution in [3.63, 3.8) is 0 Å². The van der Waals surface area contributed by atoms with E-state index in [4.69, 9.17) is 12.2 Å². The second-order valence-corrected chi connectivity index (χ2v) is 6.46. The number of nitrogens with zero attached hydrogens (tertiary/aromatic N) is 1. The summed E-state index contributed by atoms with van der Waals surface area (Å²) in [5.41, 5.74) is 0.873. The van der Waals surface area contributed by atoms with Crippen molar-refractivity contribution in [2.45, 2.75) is 32.2 Å². The zero-order chi connectivity index (χ0) is 14.9. The molecule has 1 aromatic rings. The average molecular weight is 313 g/mol. The molecule has 1 fully saturated rings. The van der Waals surface area contributed by atoms with Crippen molar-refractivity contribution in [2.24, 2.45) is 0 Å². The first kappa shape index (κ1) is 14.9. The molecule has 20 heavy (non-hydrogen) atoms. The maximum Gasteiger partial charge on any atom is 0.251 e. The van der Waals surface area contributed by atoms with Gasteiger partial charge in [0.15, 0.2) is 3.95 Å². The molecule has 6 nitrogen and oxygen atoms in total. The molecular formula is C12H15N3O3S2. The van der Waals surface area contributed by atoms with Crippen LogP contribution in [0.4, 0.5) is 0 Å². The van der Waals surface area contributed by atoms with Crippen molar-refractivity contribution in [2.75, 3.05) is 7.05 Å². The Bertz CT molecular complexity index is 620. The smallest absolute Gasteiger partial charge is 0.251 e. The molecule has 1 atom stereocenters. The number of amides is 3. The van der Waals surface area contributed by atoms with E-state index in [9.17, 15) is 14.4 Å². The number of aromatic nitrogens is 1. The Hall–Kier alpha value is -1.54. The molecular weight excluding hydrogens is 298 g/mol. The van der Waals surface area contributed by atoms with Crippen LogP contribution in [0.2, 0.25) is 0 Å². The lowest BCUT2D eigenvalue weighted by Crippen LogP contribution is -2.53. The topological polar surface area (TPSA) is 82.3 Å². The number of likely N-dealkylation sites (N-methyl/N-ethyl adjacent to an activating group) is 1. The number of carbonyl (C=O) groups excluding carboxylic acids is 3. The Morgan fingerprint density at radius 2 is 2.25 bits per heavy atom. The van der Waals surface area contributed by atoms with E-state index in [1.54, 1.807) is 0 Å². The Morgan fingerprint density at radius 3 is 2.85 bits per heavy atom. The van der Waals surface area contributed by atoms with Crippen molar-refractivity contribution < 1.29 is 14.4 Å². The van der Waals surface area contributed by atoms with Gasteiger partial charge in [-0.3, -0.25) is 19.3 Å². The summed E-state index contributed by atoms with van der Waals surface area (Å²) in [7, 11) is 1.44. The first-order chi connectivity index (χ1) is 9.38. The van der Waals surface area contributed by atoms with Crippen LogP contribution in [-0.2, 0) is 20.8 Å². The van der Waals surface area contributed by atoms with Crippen LogP contribution in [0.5, 0.6) is 0 Å². The third-order valence-electron chi connectivity index (χ3n) is 3.23. The first-order valence-electron chi connectivity index (χ1n) is 6.17. The third kappa shape index (κ3) is 3.13. The van der Waals surface area contributed by atoms with Gasteiger partial charge >= 0.3 is 0 Å². The Labute approximate surface area is 125 Å². The number of imide groups is 1. The van der Waals surface area contributed by atoms with Crippen molar-refractivity contribution in [3.8, 4) is 0 Å². The van der Waals surface area contributed by atoms with E-state index in [1.807, 2.05) is 6.92 Å². The maximum absolute atomic E-state index is 12.0. The molecule has 0 radical (unpaired) electrons. The van der Waals surface area contributed by atoms with Crippen molar-refractivity contribution >= 4 is 41.3 Å². The molecule has 3 amide bonds. The van der Waals surface area contributed by atoms with Crippen LogP contribution in [0, 0.1) is 10.9 Å². The molecule has 0 aromatic carbocycles. The molecule has 1 aromatic heterocycles. The van der Waals surface area contributed by atoms with E-state index in [2.05, 4.69) is 10.3 Å². The van der Waals surface area contributed by atoms with Gasteiger partial charge in [0.1, 0.15) is 6.04 Å². The molecule has 2 heterocycles. The molecule has 0 aliphatic carbocycles. The molecule has 1 aliphatic heterocycles. The lowest BCUT2D eigenvalue weighted by atomic mass is 10.0. The van der Waals surface area contributed by atoms with E-state index in [-0.39, 0.29) is 30.6 Å². The number of thiazole rings is 1. The molecule has 1 unspecified atom stereocenters. The van der Waals surface area contributed by atoms with Crippen LogP contribution in [0.1, 0.15) is 23.4 Å². The summed E-state index contributed by atoms with van der Waals surface area (Å²) in [5.74, 6) is -0.799. The largest absolute Gasteiger partial charge is 0.344 e. The van der Waals surface area contributed by atoms with Crippen molar-refractivity contribution in [3.05, 3.63) is 14.5 Å². The van der Waals surface area contributed by atoms with E-state index in [0.717, 1.165) is 15.5 Å². The highest BCUT2D eigenvalue weighted by Crippen LogP contribution is 2.16. The molecule has 2 N–H and O–H groups in total. The fraction of sp³-hybridized carbons (Fsp3) is 0.500. The van der Waals surface area contributed by atoms with Gasteiger partial charge < -0.3 is 10.3 Å².